The highest BCUT2D eigenvalue weighted by Crippen LogP contribution is 2.36. The molecule has 0 fully saturated rings. The van der Waals surface area contributed by atoms with E-state index in [0.29, 0.717) is 18.0 Å². The number of nitrogens with one attached hydrogen (secondary N) is 2. The van der Waals surface area contributed by atoms with E-state index in [9.17, 15) is 4.79 Å². The number of nitrogens with two attached hydrogens (primary N) is 1. The predicted molar refractivity (Wildman–Crippen MR) is 116 cm³/mol. The number of hydrogen-bond acceptors (Lipinski definition) is 4. The van der Waals surface area contributed by atoms with Gasteiger partial charge in [0.15, 0.2) is 18.1 Å². The van der Waals surface area contributed by atoms with E-state index >= 15 is 0 Å². The second-order valence-electron chi connectivity index (χ2n) is 6.15. The molecule has 28 heavy (non-hydrogen) atoms. The molecule has 1 amide bonds. The summed E-state index contributed by atoms with van der Waals surface area (Å²) in [4.78, 5) is 14.2. The van der Waals surface area contributed by atoms with Gasteiger partial charge in [0.05, 0.1) is 11.6 Å². The number of fused-ring (bicyclic) bond motifs is 1. The number of hydrogen-bond donors (Lipinski definition) is 3. The minimum Gasteiger partial charge on any atom is -0.493 e. The third-order valence-corrected chi connectivity index (χ3v) is 4.81. The number of primary amides is 1. The third-order valence-electron chi connectivity index (χ3n) is 4.22. The summed E-state index contributed by atoms with van der Waals surface area (Å²) in [6.45, 7) is 1.34. The highest BCUT2D eigenvalue weighted by Gasteiger charge is 2.13. The summed E-state index contributed by atoms with van der Waals surface area (Å²) >= 11 is 3.47. The summed E-state index contributed by atoms with van der Waals surface area (Å²) in [5.74, 6) is 0.491. The summed E-state index contributed by atoms with van der Waals surface area (Å²) in [6, 6.07) is 12.1. The average Bonchev–Trinajstić information content (AvgIpc) is 3.07. The number of halogens is 2. The molecule has 0 aliphatic carbocycles. The number of aromatic nitrogens is 1. The van der Waals surface area contributed by atoms with Crippen LogP contribution in [0.4, 0.5) is 0 Å². The van der Waals surface area contributed by atoms with Gasteiger partial charge < -0.3 is 25.5 Å². The van der Waals surface area contributed by atoms with E-state index in [0.717, 1.165) is 28.5 Å². The van der Waals surface area contributed by atoms with Crippen LogP contribution in [0.15, 0.2) is 47.1 Å². The number of aromatic amines is 1. The van der Waals surface area contributed by atoms with E-state index in [4.69, 9.17) is 15.2 Å². The summed E-state index contributed by atoms with van der Waals surface area (Å²) in [7, 11) is 1.56. The number of benzene rings is 2. The lowest BCUT2D eigenvalue weighted by Gasteiger charge is -2.14. The molecule has 0 saturated carbocycles. The van der Waals surface area contributed by atoms with Crippen molar-refractivity contribution in [1.29, 1.82) is 0 Å². The van der Waals surface area contributed by atoms with E-state index in [1.54, 1.807) is 7.11 Å². The molecule has 0 saturated heterocycles. The number of ether oxygens (including phenoxy) is 2. The minimum atomic E-state index is -0.535. The van der Waals surface area contributed by atoms with Gasteiger partial charge in [0.1, 0.15) is 0 Å². The normalized spacial score (nSPS) is 10.5. The lowest BCUT2D eigenvalue weighted by Crippen LogP contribution is -2.20. The van der Waals surface area contributed by atoms with E-state index in [1.807, 2.05) is 18.2 Å². The first-order chi connectivity index (χ1) is 13.1. The monoisotopic (exact) mass is 467 g/mol. The molecule has 2 aromatic carbocycles. The molecule has 3 aromatic rings. The molecule has 3 rings (SSSR count). The molecular weight excluding hydrogens is 446 g/mol. The maximum absolute atomic E-state index is 10.9. The van der Waals surface area contributed by atoms with Gasteiger partial charge in [0, 0.05) is 23.6 Å². The smallest absolute Gasteiger partial charge is 0.255 e. The lowest BCUT2D eigenvalue weighted by atomic mass is 10.1. The molecule has 1 heterocycles. The van der Waals surface area contributed by atoms with Crippen LogP contribution in [0.25, 0.3) is 10.9 Å². The van der Waals surface area contributed by atoms with Crippen molar-refractivity contribution in [2.24, 2.45) is 5.73 Å². The van der Waals surface area contributed by atoms with Gasteiger partial charge >= 0.3 is 0 Å². The Bertz CT molecular complexity index is 946. The van der Waals surface area contributed by atoms with Gasteiger partial charge in [0.25, 0.3) is 5.91 Å². The van der Waals surface area contributed by atoms with Crippen LogP contribution in [-0.2, 0) is 17.8 Å². The van der Waals surface area contributed by atoms with E-state index in [1.165, 1.54) is 10.9 Å². The zero-order valence-electron chi connectivity index (χ0n) is 15.5. The highest BCUT2D eigenvalue weighted by molar-refractivity contribution is 9.10. The zero-order valence-corrected chi connectivity index (χ0v) is 17.9. The first-order valence-electron chi connectivity index (χ1n) is 8.61. The molecule has 0 unspecified atom stereocenters. The number of amides is 1. The third kappa shape index (κ3) is 5.41. The number of carbonyl (C=O) groups excluding carboxylic acids is 1. The number of rotatable bonds is 9. The van der Waals surface area contributed by atoms with Crippen molar-refractivity contribution in [2.45, 2.75) is 13.0 Å². The summed E-state index contributed by atoms with van der Waals surface area (Å²) in [5.41, 5.74) is 8.64. The van der Waals surface area contributed by atoms with Crippen molar-refractivity contribution in [1.82, 2.24) is 10.3 Å². The Labute approximate surface area is 178 Å². The van der Waals surface area contributed by atoms with Crippen LogP contribution < -0.4 is 20.5 Å². The fourth-order valence-corrected chi connectivity index (χ4v) is 3.56. The summed E-state index contributed by atoms with van der Waals surface area (Å²) in [5, 5.41) is 4.71. The molecule has 8 heteroatoms. The van der Waals surface area contributed by atoms with Gasteiger partial charge in [-0.3, -0.25) is 4.79 Å². The van der Waals surface area contributed by atoms with Crippen molar-refractivity contribution < 1.29 is 14.3 Å². The topological polar surface area (TPSA) is 89.4 Å². The molecule has 0 radical (unpaired) electrons. The minimum absolute atomic E-state index is 0. The number of H-pyrrole nitrogens is 1. The van der Waals surface area contributed by atoms with E-state index < -0.39 is 5.91 Å². The molecule has 0 bridgehead atoms. The maximum atomic E-state index is 10.9. The first-order valence-corrected chi connectivity index (χ1v) is 9.41. The van der Waals surface area contributed by atoms with Crippen molar-refractivity contribution in [2.75, 3.05) is 20.3 Å². The van der Waals surface area contributed by atoms with Gasteiger partial charge in [-0.05, 0) is 58.2 Å². The molecule has 0 aliphatic heterocycles. The predicted octanol–water partition coefficient (Wildman–Crippen LogP) is 3.56. The number of para-hydroxylation sites is 1. The Balaban J connectivity index is 0.00000280. The Morgan fingerprint density at radius 3 is 2.82 bits per heavy atom. The van der Waals surface area contributed by atoms with E-state index in [-0.39, 0.29) is 19.0 Å². The summed E-state index contributed by atoms with van der Waals surface area (Å²) in [6.07, 6.45) is 3.00. The SMILES string of the molecule is COc1cc(CNCCc2c[nH]c3ccccc23)cc(Br)c1OCC(N)=O.Cl. The lowest BCUT2D eigenvalue weighted by molar-refractivity contribution is -0.119. The van der Waals surface area contributed by atoms with Crippen LogP contribution in [0.2, 0.25) is 0 Å². The zero-order chi connectivity index (χ0) is 19.2. The van der Waals surface area contributed by atoms with Crippen molar-refractivity contribution in [3.05, 3.63) is 58.2 Å². The largest absolute Gasteiger partial charge is 0.493 e. The van der Waals surface area contributed by atoms with Crippen LogP contribution in [0, 0.1) is 0 Å². The second kappa shape index (κ2) is 10.4. The Morgan fingerprint density at radius 1 is 1.29 bits per heavy atom. The molecular formula is C20H23BrClN3O3. The highest BCUT2D eigenvalue weighted by atomic mass is 79.9. The van der Waals surface area contributed by atoms with Crippen molar-refractivity contribution in [3.63, 3.8) is 0 Å². The van der Waals surface area contributed by atoms with Crippen LogP contribution in [-0.4, -0.2) is 31.2 Å². The van der Waals surface area contributed by atoms with E-state index in [2.05, 4.69) is 50.6 Å². The molecule has 6 nitrogen and oxygen atoms in total. The Kier molecular flexibility index (Phi) is 8.17. The number of carbonyl (C=O) groups is 1. The van der Waals surface area contributed by atoms with Crippen LogP contribution in [0.3, 0.4) is 0 Å². The van der Waals surface area contributed by atoms with Crippen LogP contribution in [0.5, 0.6) is 11.5 Å². The molecule has 0 aliphatic rings. The maximum Gasteiger partial charge on any atom is 0.255 e. The van der Waals surface area contributed by atoms with Gasteiger partial charge in [0.2, 0.25) is 0 Å². The Morgan fingerprint density at radius 2 is 2.07 bits per heavy atom. The van der Waals surface area contributed by atoms with Crippen LogP contribution in [0.1, 0.15) is 11.1 Å². The van der Waals surface area contributed by atoms with Gasteiger partial charge in [-0.1, -0.05) is 18.2 Å². The van der Waals surface area contributed by atoms with Crippen LogP contribution >= 0.6 is 28.3 Å². The van der Waals surface area contributed by atoms with Crippen molar-refractivity contribution >= 4 is 45.1 Å². The second-order valence-corrected chi connectivity index (χ2v) is 7.00. The standard InChI is InChI=1S/C20H22BrN3O3.ClH/c1-26-18-9-13(8-16(21)20(18)27-12-19(22)25)10-23-7-6-14-11-24-17-5-3-2-4-15(14)17;/h2-5,8-9,11,23-24H,6-7,10,12H2,1H3,(H2,22,25);1H. The average molecular weight is 469 g/mol. The quantitative estimate of drug-likeness (QED) is 0.419. The fourth-order valence-electron chi connectivity index (χ4n) is 2.95. The van der Waals surface area contributed by atoms with Gasteiger partial charge in [-0.25, -0.2) is 0 Å². The fraction of sp³-hybridized carbons (Fsp3) is 0.250. The molecule has 0 spiro atoms. The van der Waals surface area contributed by atoms with Gasteiger partial charge in [-0.2, -0.15) is 0 Å². The first kappa shape index (κ1) is 22.1. The van der Waals surface area contributed by atoms with Gasteiger partial charge in [-0.15, -0.1) is 12.4 Å². The van der Waals surface area contributed by atoms with Crippen molar-refractivity contribution in [3.8, 4) is 11.5 Å². The molecule has 150 valence electrons. The molecule has 1 aromatic heterocycles. The molecule has 0 atom stereocenters. The molecule has 4 N–H and O–H groups in total. The summed E-state index contributed by atoms with van der Waals surface area (Å²) < 4.78 is 11.5. The number of methoxy groups -OCH3 is 1. The Hall–Kier alpha value is -2.22.